The fraction of sp³-hybridized carbons (Fsp3) is 0.278. The molecule has 2 rings (SSSR count). The minimum Gasteiger partial charge on any atom is -0.355 e. The highest BCUT2D eigenvalue weighted by Gasteiger charge is 2.05. The van der Waals surface area contributed by atoms with Crippen LogP contribution in [0.25, 0.3) is 0 Å². The van der Waals surface area contributed by atoms with Gasteiger partial charge in [0.25, 0.3) is 5.69 Å². The normalized spacial score (nSPS) is 10.5. The molecule has 0 aliphatic heterocycles. The Labute approximate surface area is 166 Å². The topological polar surface area (TPSA) is 72.2 Å². The van der Waals surface area contributed by atoms with E-state index in [2.05, 4.69) is 5.32 Å². The van der Waals surface area contributed by atoms with Crippen LogP contribution < -0.4 is 5.32 Å². The average Bonchev–Trinajstić information content (AvgIpc) is 2.63. The number of non-ortho nitro benzene ring substituents is 1. The van der Waals surface area contributed by atoms with E-state index in [1.165, 1.54) is 29.5 Å². The summed E-state index contributed by atoms with van der Waals surface area (Å²) in [4.78, 5) is 22.0. The van der Waals surface area contributed by atoms with Gasteiger partial charge in [0.1, 0.15) is 0 Å². The second-order valence-electron chi connectivity index (χ2n) is 5.45. The van der Waals surface area contributed by atoms with E-state index in [0.29, 0.717) is 18.1 Å². The predicted octanol–water partition coefficient (Wildman–Crippen LogP) is 4.53. The summed E-state index contributed by atoms with van der Waals surface area (Å²) < 4.78 is 0. The summed E-state index contributed by atoms with van der Waals surface area (Å²) in [6, 6.07) is 14.2. The Morgan fingerprint density at radius 3 is 2.19 bits per heavy atom. The molecule has 0 radical (unpaired) electrons. The van der Waals surface area contributed by atoms with Crippen molar-refractivity contribution in [3.63, 3.8) is 0 Å². The SMILES string of the molecule is O=C(CSCc1ccc([N+](=O)[O-])cc1)NCCSCc1ccc(Cl)cc1. The summed E-state index contributed by atoms with van der Waals surface area (Å²) in [6.07, 6.45) is 0. The van der Waals surface area contributed by atoms with E-state index in [-0.39, 0.29) is 11.6 Å². The summed E-state index contributed by atoms with van der Waals surface area (Å²) >= 11 is 9.10. The lowest BCUT2D eigenvalue weighted by Gasteiger charge is -2.06. The Hall–Kier alpha value is -1.70. The van der Waals surface area contributed by atoms with Gasteiger partial charge in [0.05, 0.1) is 10.7 Å². The van der Waals surface area contributed by atoms with E-state index in [0.717, 1.165) is 22.1 Å². The van der Waals surface area contributed by atoms with E-state index in [9.17, 15) is 14.9 Å². The Morgan fingerprint density at radius 1 is 1.00 bits per heavy atom. The first-order valence-corrected chi connectivity index (χ1v) is 10.6. The molecular formula is C18H19ClN2O3S2. The Kier molecular flexibility index (Phi) is 8.80. The Balaban J connectivity index is 1.54. The van der Waals surface area contributed by atoms with Gasteiger partial charge >= 0.3 is 0 Å². The molecule has 0 aliphatic rings. The zero-order valence-corrected chi connectivity index (χ0v) is 16.4. The molecule has 2 aromatic carbocycles. The lowest BCUT2D eigenvalue weighted by molar-refractivity contribution is -0.384. The first-order valence-electron chi connectivity index (χ1n) is 7.94. The number of thioether (sulfide) groups is 2. The zero-order chi connectivity index (χ0) is 18.8. The number of halogens is 1. The van der Waals surface area contributed by atoms with Crippen molar-refractivity contribution in [3.05, 3.63) is 74.8 Å². The van der Waals surface area contributed by atoms with E-state index in [1.807, 2.05) is 24.3 Å². The fourth-order valence-electron chi connectivity index (χ4n) is 2.06. The van der Waals surface area contributed by atoms with Crippen LogP contribution in [0.15, 0.2) is 48.5 Å². The van der Waals surface area contributed by atoms with Gasteiger partial charge in [-0.05, 0) is 23.3 Å². The molecule has 1 N–H and O–H groups in total. The van der Waals surface area contributed by atoms with Gasteiger partial charge in [0, 0.05) is 41.0 Å². The molecule has 0 spiro atoms. The third-order valence-electron chi connectivity index (χ3n) is 3.40. The molecule has 0 saturated carbocycles. The zero-order valence-electron chi connectivity index (χ0n) is 14.0. The summed E-state index contributed by atoms with van der Waals surface area (Å²) in [7, 11) is 0. The number of carbonyl (C=O) groups is 1. The molecule has 0 fully saturated rings. The highest BCUT2D eigenvalue weighted by molar-refractivity contribution is 7.99. The second-order valence-corrected chi connectivity index (χ2v) is 7.97. The van der Waals surface area contributed by atoms with Gasteiger partial charge in [0.2, 0.25) is 5.91 Å². The lowest BCUT2D eigenvalue weighted by atomic mass is 10.2. The van der Waals surface area contributed by atoms with Crippen LogP contribution in [0.4, 0.5) is 5.69 Å². The standard InChI is InChI=1S/C18H19ClN2O3S2/c19-16-5-1-14(2-6-16)11-25-10-9-20-18(22)13-26-12-15-3-7-17(8-4-15)21(23)24/h1-8H,9-13H2,(H,20,22). The number of amides is 1. The molecule has 1 amide bonds. The molecule has 0 saturated heterocycles. The van der Waals surface area contributed by atoms with Crippen LogP contribution in [0.3, 0.4) is 0 Å². The van der Waals surface area contributed by atoms with Crippen LogP contribution in [-0.2, 0) is 16.3 Å². The van der Waals surface area contributed by atoms with Crippen molar-refractivity contribution in [1.82, 2.24) is 5.32 Å². The number of hydrogen-bond acceptors (Lipinski definition) is 5. The van der Waals surface area contributed by atoms with Gasteiger partial charge < -0.3 is 5.32 Å². The van der Waals surface area contributed by atoms with Crippen molar-refractivity contribution in [3.8, 4) is 0 Å². The van der Waals surface area contributed by atoms with E-state index >= 15 is 0 Å². The number of nitro groups is 1. The molecule has 0 bridgehead atoms. The number of nitrogens with zero attached hydrogens (tertiary/aromatic N) is 1. The van der Waals surface area contributed by atoms with E-state index < -0.39 is 4.92 Å². The van der Waals surface area contributed by atoms with Gasteiger partial charge in [-0.15, -0.1) is 11.8 Å². The van der Waals surface area contributed by atoms with Crippen LogP contribution in [0.1, 0.15) is 11.1 Å². The van der Waals surface area contributed by atoms with Crippen molar-refractivity contribution >= 4 is 46.7 Å². The summed E-state index contributed by atoms with van der Waals surface area (Å²) in [5, 5.41) is 14.2. The van der Waals surface area contributed by atoms with E-state index in [1.54, 1.807) is 23.9 Å². The first-order chi connectivity index (χ1) is 12.5. The van der Waals surface area contributed by atoms with Crippen LogP contribution in [0.5, 0.6) is 0 Å². The number of rotatable bonds is 10. The molecule has 0 aromatic heterocycles. The molecule has 0 heterocycles. The fourth-order valence-corrected chi connectivity index (χ4v) is 3.82. The quantitative estimate of drug-likeness (QED) is 0.354. The third kappa shape index (κ3) is 7.68. The van der Waals surface area contributed by atoms with Gasteiger partial charge in [-0.3, -0.25) is 14.9 Å². The number of benzene rings is 2. The maximum atomic E-state index is 11.8. The van der Waals surface area contributed by atoms with Gasteiger partial charge in [-0.1, -0.05) is 35.9 Å². The first kappa shape index (κ1) is 20.6. The molecule has 0 atom stereocenters. The number of nitro benzene ring substituents is 1. The molecular weight excluding hydrogens is 392 g/mol. The largest absolute Gasteiger partial charge is 0.355 e. The second kappa shape index (κ2) is 11.1. The van der Waals surface area contributed by atoms with Gasteiger partial charge in [-0.25, -0.2) is 0 Å². The molecule has 0 aliphatic carbocycles. The Morgan fingerprint density at radius 2 is 1.58 bits per heavy atom. The summed E-state index contributed by atoms with van der Waals surface area (Å²) in [5.74, 6) is 2.77. The highest BCUT2D eigenvalue weighted by Crippen LogP contribution is 2.17. The van der Waals surface area contributed by atoms with Crippen LogP contribution in [0, 0.1) is 10.1 Å². The maximum Gasteiger partial charge on any atom is 0.269 e. The average molecular weight is 411 g/mol. The third-order valence-corrected chi connectivity index (χ3v) is 5.69. The smallest absolute Gasteiger partial charge is 0.269 e. The minimum absolute atomic E-state index is 0.00371. The van der Waals surface area contributed by atoms with Crippen molar-refractivity contribution in [2.75, 3.05) is 18.1 Å². The van der Waals surface area contributed by atoms with Crippen LogP contribution in [-0.4, -0.2) is 28.9 Å². The number of carbonyl (C=O) groups excluding carboxylic acids is 1. The highest BCUT2D eigenvalue weighted by atomic mass is 35.5. The molecule has 2 aromatic rings. The molecule has 8 heteroatoms. The van der Waals surface area contributed by atoms with Crippen LogP contribution in [0.2, 0.25) is 5.02 Å². The lowest BCUT2D eigenvalue weighted by Crippen LogP contribution is -2.27. The van der Waals surface area contributed by atoms with E-state index in [4.69, 9.17) is 11.6 Å². The summed E-state index contributed by atoms with van der Waals surface area (Å²) in [5.41, 5.74) is 2.25. The molecule has 0 unspecified atom stereocenters. The van der Waals surface area contributed by atoms with Gasteiger partial charge in [-0.2, -0.15) is 11.8 Å². The molecule has 5 nitrogen and oxygen atoms in total. The van der Waals surface area contributed by atoms with Crippen molar-refractivity contribution in [2.45, 2.75) is 11.5 Å². The van der Waals surface area contributed by atoms with Crippen LogP contribution >= 0.6 is 35.1 Å². The molecule has 26 heavy (non-hydrogen) atoms. The minimum atomic E-state index is -0.421. The Bertz CT molecular complexity index is 724. The van der Waals surface area contributed by atoms with Gasteiger partial charge in [0.15, 0.2) is 0 Å². The maximum absolute atomic E-state index is 11.8. The van der Waals surface area contributed by atoms with Crippen molar-refractivity contribution in [1.29, 1.82) is 0 Å². The molecule has 138 valence electrons. The monoisotopic (exact) mass is 410 g/mol. The van der Waals surface area contributed by atoms with Crippen molar-refractivity contribution in [2.24, 2.45) is 0 Å². The number of hydrogen-bond donors (Lipinski definition) is 1. The predicted molar refractivity (Wildman–Crippen MR) is 110 cm³/mol. The number of nitrogens with one attached hydrogen (secondary N) is 1. The summed E-state index contributed by atoms with van der Waals surface area (Å²) in [6.45, 7) is 0.634. The van der Waals surface area contributed by atoms with Crippen molar-refractivity contribution < 1.29 is 9.72 Å².